The quantitative estimate of drug-likeness (QED) is 0.0998. The average Bonchev–Trinajstić information content (AvgIpc) is 3.13. The zero-order chi connectivity index (χ0) is 37.6. The van der Waals surface area contributed by atoms with E-state index in [-0.39, 0.29) is 32.3 Å². The predicted octanol–water partition coefficient (Wildman–Crippen LogP) is 8.00. The highest BCUT2D eigenvalue weighted by Gasteiger charge is 2.20. The number of amides is 2. The molecule has 12 heteroatoms. The van der Waals surface area contributed by atoms with Crippen molar-refractivity contribution in [2.75, 3.05) is 20.1 Å². The summed E-state index contributed by atoms with van der Waals surface area (Å²) in [6, 6.07) is 40.3. The molecule has 268 valence electrons. The van der Waals surface area contributed by atoms with Gasteiger partial charge in [0, 0.05) is 11.4 Å². The number of hydrogen-bond donors (Lipinski definition) is 4. The standard InChI is InChI=1S/C41H36N4O6S2/c1-28-11-23-34(24-12-28)52(48,49)44-38-9-5-3-7-36(38)40(46)42-32-19-15-30(16-20-32)27-31-17-21-33(22-18-31)43-41(47)37-8-4-6-10-39(37)45-53(50,51)35-25-13-29(2)14-26-35/h3-26,44-45H,27H2,1-2H3,(H,42,46)(H,43,47). The Bertz CT molecular complexity index is 2310. The Hall–Kier alpha value is -6.24. The Morgan fingerprint density at radius 2 is 0.792 bits per heavy atom. The van der Waals surface area contributed by atoms with Gasteiger partial charge in [-0.25, -0.2) is 16.8 Å². The smallest absolute Gasteiger partial charge is 0.261 e. The molecule has 0 unspecified atom stereocenters. The van der Waals surface area contributed by atoms with Gasteiger partial charge in [0.05, 0.1) is 32.3 Å². The van der Waals surface area contributed by atoms with Crippen LogP contribution in [0, 0.1) is 13.8 Å². The molecule has 6 rings (SSSR count). The number of carbonyl (C=O) groups is 2. The third kappa shape index (κ3) is 9.17. The maximum atomic E-state index is 13.2. The third-order valence-corrected chi connectivity index (χ3v) is 11.1. The van der Waals surface area contributed by atoms with Gasteiger partial charge >= 0.3 is 0 Å². The fourth-order valence-electron chi connectivity index (χ4n) is 5.43. The molecule has 0 aliphatic heterocycles. The van der Waals surface area contributed by atoms with E-state index in [1.807, 2.05) is 38.1 Å². The van der Waals surface area contributed by atoms with E-state index in [9.17, 15) is 26.4 Å². The number of anilines is 4. The predicted molar refractivity (Wildman–Crippen MR) is 208 cm³/mol. The molecule has 4 N–H and O–H groups in total. The second-order valence-corrected chi connectivity index (χ2v) is 15.8. The molecule has 0 bridgehead atoms. The van der Waals surface area contributed by atoms with Crippen LogP contribution in [0.4, 0.5) is 22.7 Å². The Labute approximate surface area is 309 Å². The molecule has 2 amide bonds. The van der Waals surface area contributed by atoms with Crippen molar-refractivity contribution in [2.45, 2.75) is 30.1 Å². The normalized spacial score (nSPS) is 11.4. The fraction of sp³-hybridized carbons (Fsp3) is 0.0732. The van der Waals surface area contributed by atoms with Crippen LogP contribution in [0.5, 0.6) is 0 Å². The number of hydrogen-bond acceptors (Lipinski definition) is 6. The highest BCUT2D eigenvalue weighted by atomic mass is 32.2. The molecule has 6 aromatic rings. The van der Waals surface area contributed by atoms with E-state index in [2.05, 4.69) is 20.1 Å². The van der Waals surface area contributed by atoms with E-state index in [1.54, 1.807) is 84.9 Å². The van der Waals surface area contributed by atoms with E-state index >= 15 is 0 Å². The van der Waals surface area contributed by atoms with E-state index in [0.29, 0.717) is 17.8 Å². The molecular weight excluding hydrogens is 709 g/mol. The van der Waals surface area contributed by atoms with Crippen molar-refractivity contribution < 1.29 is 26.4 Å². The van der Waals surface area contributed by atoms with Crippen LogP contribution in [0.2, 0.25) is 0 Å². The molecular formula is C41H36N4O6S2. The second kappa shape index (κ2) is 15.6. The van der Waals surface area contributed by atoms with Crippen LogP contribution in [0.25, 0.3) is 0 Å². The molecule has 0 spiro atoms. The molecule has 0 aromatic heterocycles. The van der Waals surface area contributed by atoms with Gasteiger partial charge in [0.25, 0.3) is 31.9 Å². The first kappa shape index (κ1) is 36.5. The lowest BCUT2D eigenvalue weighted by molar-refractivity contribution is 0.101. The van der Waals surface area contributed by atoms with Crippen LogP contribution in [-0.4, -0.2) is 28.6 Å². The third-order valence-electron chi connectivity index (χ3n) is 8.33. The average molecular weight is 745 g/mol. The summed E-state index contributed by atoms with van der Waals surface area (Å²) in [5.41, 5.74) is 5.54. The first-order valence-corrected chi connectivity index (χ1v) is 19.5. The zero-order valence-electron chi connectivity index (χ0n) is 28.8. The van der Waals surface area contributed by atoms with Gasteiger partial charge in [-0.1, -0.05) is 83.9 Å². The summed E-state index contributed by atoms with van der Waals surface area (Å²) in [5, 5.41) is 5.67. The van der Waals surface area contributed by atoms with Crippen LogP contribution in [0.3, 0.4) is 0 Å². The second-order valence-electron chi connectivity index (χ2n) is 12.4. The fourth-order valence-corrected chi connectivity index (χ4v) is 7.59. The molecule has 0 heterocycles. The topological polar surface area (TPSA) is 151 Å². The SMILES string of the molecule is Cc1ccc(S(=O)(=O)Nc2ccccc2C(=O)Nc2ccc(Cc3ccc(NC(=O)c4ccccc4NS(=O)(=O)c4ccc(C)cc4)cc3)cc2)cc1. The summed E-state index contributed by atoms with van der Waals surface area (Å²) in [6.07, 6.45) is 0.579. The van der Waals surface area contributed by atoms with Gasteiger partial charge in [-0.05, 0) is 104 Å². The monoisotopic (exact) mass is 744 g/mol. The summed E-state index contributed by atoms with van der Waals surface area (Å²) in [4.78, 5) is 26.6. The van der Waals surface area contributed by atoms with Crippen LogP contribution in [0.15, 0.2) is 155 Å². The van der Waals surface area contributed by atoms with E-state index in [4.69, 9.17) is 0 Å². The lowest BCUT2D eigenvalue weighted by Gasteiger charge is -2.13. The summed E-state index contributed by atoms with van der Waals surface area (Å²) < 4.78 is 57.0. The lowest BCUT2D eigenvalue weighted by atomic mass is 10.0. The summed E-state index contributed by atoms with van der Waals surface area (Å²) in [5.74, 6) is -0.937. The zero-order valence-corrected chi connectivity index (χ0v) is 30.5. The number of sulfonamides is 2. The summed E-state index contributed by atoms with van der Waals surface area (Å²) in [6.45, 7) is 3.73. The van der Waals surface area contributed by atoms with Gasteiger partial charge in [-0.15, -0.1) is 0 Å². The highest BCUT2D eigenvalue weighted by molar-refractivity contribution is 7.93. The van der Waals surface area contributed by atoms with Gasteiger partial charge in [0.15, 0.2) is 0 Å². The molecule has 0 radical (unpaired) electrons. The minimum atomic E-state index is -3.91. The summed E-state index contributed by atoms with van der Waals surface area (Å²) >= 11 is 0. The molecule has 53 heavy (non-hydrogen) atoms. The Morgan fingerprint density at radius 3 is 1.15 bits per heavy atom. The van der Waals surface area contributed by atoms with Crippen LogP contribution >= 0.6 is 0 Å². The van der Waals surface area contributed by atoms with Crippen molar-refractivity contribution in [1.82, 2.24) is 0 Å². The molecule has 10 nitrogen and oxygen atoms in total. The van der Waals surface area contributed by atoms with Crippen molar-refractivity contribution in [2.24, 2.45) is 0 Å². The first-order chi connectivity index (χ1) is 25.4. The maximum Gasteiger partial charge on any atom is 0.261 e. The molecule has 0 atom stereocenters. The highest BCUT2D eigenvalue weighted by Crippen LogP contribution is 2.24. The van der Waals surface area contributed by atoms with Crippen LogP contribution in [-0.2, 0) is 26.5 Å². The summed E-state index contributed by atoms with van der Waals surface area (Å²) in [7, 11) is -7.81. The van der Waals surface area contributed by atoms with Crippen molar-refractivity contribution in [3.05, 3.63) is 179 Å². The van der Waals surface area contributed by atoms with Gasteiger partial charge in [-0.2, -0.15) is 0 Å². The molecule has 0 fully saturated rings. The van der Waals surface area contributed by atoms with Crippen molar-refractivity contribution in [3.8, 4) is 0 Å². The number of para-hydroxylation sites is 2. The molecule has 6 aromatic carbocycles. The van der Waals surface area contributed by atoms with E-state index in [1.165, 1.54) is 36.4 Å². The Kier molecular flexibility index (Phi) is 10.7. The lowest BCUT2D eigenvalue weighted by Crippen LogP contribution is -2.18. The number of rotatable bonds is 12. The molecule has 0 aliphatic rings. The van der Waals surface area contributed by atoms with Crippen molar-refractivity contribution >= 4 is 54.6 Å². The molecule has 0 saturated carbocycles. The van der Waals surface area contributed by atoms with Crippen LogP contribution < -0.4 is 20.1 Å². The van der Waals surface area contributed by atoms with Gasteiger partial charge in [-0.3, -0.25) is 19.0 Å². The number of carbonyl (C=O) groups excluding carboxylic acids is 2. The van der Waals surface area contributed by atoms with Gasteiger partial charge in [0.2, 0.25) is 0 Å². The van der Waals surface area contributed by atoms with E-state index < -0.39 is 31.9 Å². The number of benzene rings is 6. The minimum absolute atomic E-state index is 0.0938. The maximum absolute atomic E-state index is 13.2. The van der Waals surface area contributed by atoms with Gasteiger partial charge < -0.3 is 10.6 Å². The molecule has 0 saturated heterocycles. The largest absolute Gasteiger partial charge is 0.322 e. The van der Waals surface area contributed by atoms with Crippen molar-refractivity contribution in [3.63, 3.8) is 0 Å². The Morgan fingerprint density at radius 1 is 0.453 bits per heavy atom. The number of nitrogens with one attached hydrogen (secondary N) is 4. The number of aryl methyl sites for hydroxylation is 2. The van der Waals surface area contributed by atoms with Gasteiger partial charge in [0.1, 0.15) is 0 Å². The van der Waals surface area contributed by atoms with Crippen molar-refractivity contribution in [1.29, 1.82) is 0 Å². The minimum Gasteiger partial charge on any atom is -0.322 e. The van der Waals surface area contributed by atoms with E-state index in [0.717, 1.165) is 22.3 Å². The van der Waals surface area contributed by atoms with Crippen LogP contribution in [0.1, 0.15) is 43.0 Å². The molecule has 0 aliphatic carbocycles. The Balaban J connectivity index is 1.06. The first-order valence-electron chi connectivity index (χ1n) is 16.5.